The van der Waals surface area contributed by atoms with Gasteiger partial charge in [0, 0.05) is 29.9 Å². The summed E-state index contributed by atoms with van der Waals surface area (Å²) in [5, 5.41) is 17.1. The van der Waals surface area contributed by atoms with Crippen LogP contribution in [0.15, 0.2) is 82.9 Å². The Morgan fingerprint density at radius 1 is 0.955 bits per heavy atom. The summed E-state index contributed by atoms with van der Waals surface area (Å²) in [7, 11) is 0. The van der Waals surface area contributed by atoms with E-state index in [-0.39, 0.29) is 23.7 Å². The first-order valence-electron chi connectivity index (χ1n) is 14.8. The molecule has 1 aliphatic carbocycles. The van der Waals surface area contributed by atoms with Crippen LogP contribution < -0.4 is 15.5 Å². The van der Waals surface area contributed by atoms with Gasteiger partial charge in [-0.3, -0.25) is 14.5 Å². The highest BCUT2D eigenvalue weighted by molar-refractivity contribution is 6.21. The number of hydrogen-bond acceptors (Lipinski definition) is 6. The molecule has 1 atom stereocenters. The number of para-hydroxylation sites is 1. The molecule has 3 aliphatic heterocycles. The fraction of sp³-hybridized carbons (Fsp3) is 0.303. The molecular formula is C33H33FN6O4. The highest BCUT2D eigenvalue weighted by atomic mass is 19.1. The molecule has 226 valence electrons. The van der Waals surface area contributed by atoms with Crippen LogP contribution in [0.25, 0.3) is 0 Å². The van der Waals surface area contributed by atoms with Crippen molar-refractivity contribution in [1.82, 2.24) is 10.2 Å². The zero-order chi connectivity index (χ0) is 30.6. The summed E-state index contributed by atoms with van der Waals surface area (Å²) in [4.78, 5) is 49.0. The first-order chi connectivity index (χ1) is 21.4. The molecule has 7 rings (SSSR count). The van der Waals surface area contributed by atoms with Crippen LogP contribution in [0, 0.1) is 17.7 Å². The van der Waals surface area contributed by atoms with Crippen LogP contribution in [0.3, 0.4) is 0 Å². The van der Waals surface area contributed by atoms with Gasteiger partial charge in [0.2, 0.25) is 12.1 Å². The van der Waals surface area contributed by atoms with Crippen molar-refractivity contribution in [2.24, 2.45) is 22.0 Å². The molecule has 4 aliphatic rings. The van der Waals surface area contributed by atoms with Gasteiger partial charge in [0.15, 0.2) is 0 Å². The molecule has 1 saturated carbocycles. The first-order valence-corrected chi connectivity index (χ1v) is 14.8. The highest BCUT2D eigenvalue weighted by Crippen LogP contribution is 2.34. The molecule has 10 nitrogen and oxygen atoms in total. The van der Waals surface area contributed by atoms with Crippen LogP contribution in [0.2, 0.25) is 0 Å². The van der Waals surface area contributed by atoms with Crippen molar-refractivity contribution < 1.29 is 24.0 Å². The smallest absolute Gasteiger partial charge is 0.321 e. The fourth-order valence-corrected chi connectivity index (χ4v) is 6.34. The van der Waals surface area contributed by atoms with Crippen molar-refractivity contribution in [2.75, 3.05) is 29.9 Å². The lowest BCUT2D eigenvalue weighted by Crippen LogP contribution is -2.51. The number of amides is 4. The minimum Gasteiger partial charge on any atom is -0.411 e. The van der Waals surface area contributed by atoms with Gasteiger partial charge in [0.25, 0.3) is 5.91 Å². The molecule has 1 unspecified atom stereocenters. The van der Waals surface area contributed by atoms with Gasteiger partial charge in [-0.15, -0.1) is 0 Å². The maximum absolute atomic E-state index is 15.2. The zero-order valence-corrected chi connectivity index (χ0v) is 24.0. The van der Waals surface area contributed by atoms with Crippen molar-refractivity contribution in [1.29, 1.82) is 0 Å². The summed E-state index contributed by atoms with van der Waals surface area (Å²) in [6.45, 7) is 1.10. The molecule has 4 amide bonds. The second kappa shape index (κ2) is 12.7. The highest BCUT2D eigenvalue weighted by Gasteiger charge is 2.37. The molecule has 3 fully saturated rings. The molecule has 3 N–H and O–H groups in total. The van der Waals surface area contributed by atoms with E-state index in [0.717, 1.165) is 25.7 Å². The number of benzodiazepines with no additional fused rings is 1. The number of carbonyl (C=O) groups is 3. The van der Waals surface area contributed by atoms with Gasteiger partial charge < -0.3 is 20.7 Å². The van der Waals surface area contributed by atoms with E-state index in [2.05, 4.69) is 20.8 Å². The second-order valence-corrected chi connectivity index (χ2v) is 11.5. The van der Waals surface area contributed by atoms with Gasteiger partial charge in [-0.1, -0.05) is 47.6 Å². The summed E-state index contributed by atoms with van der Waals surface area (Å²) in [5.74, 6) is -0.413. The van der Waals surface area contributed by atoms with E-state index in [1.165, 1.54) is 17.2 Å². The molecule has 0 aromatic heterocycles. The van der Waals surface area contributed by atoms with Gasteiger partial charge >= 0.3 is 6.03 Å². The van der Waals surface area contributed by atoms with Crippen LogP contribution in [-0.4, -0.2) is 65.7 Å². The summed E-state index contributed by atoms with van der Waals surface area (Å²) in [6, 6.07) is 18.9. The average Bonchev–Trinajstić information content (AvgIpc) is 3.41. The number of benzene rings is 3. The summed E-state index contributed by atoms with van der Waals surface area (Å²) in [5.41, 5.74) is 2.14. The van der Waals surface area contributed by atoms with Gasteiger partial charge in [0.1, 0.15) is 12.4 Å². The van der Waals surface area contributed by atoms with E-state index in [1.807, 2.05) is 4.90 Å². The molecule has 0 spiro atoms. The van der Waals surface area contributed by atoms with Gasteiger partial charge in [0.05, 0.1) is 17.6 Å². The predicted molar refractivity (Wildman–Crippen MR) is 165 cm³/mol. The number of halogens is 1. The summed E-state index contributed by atoms with van der Waals surface area (Å²) < 4.78 is 15.2. The predicted octanol–water partition coefficient (Wildman–Crippen LogP) is 4.61. The average molecular weight is 597 g/mol. The number of nitrogens with one attached hydrogen (secondary N) is 2. The Morgan fingerprint density at radius 3 is 2.34 bits per heavy atom. The molecule has 3 heterocycles. The maximum Gasteiger partial charge on any atom is 0.321 e. The standard InChI is InChI=1S/C33H33FN6O4/c34-27-10-3-1-8-25(27)30-26-9-2-4-11-28(26)40(20-29(41)39-18-21-12-13-22(19-39)15-14-21)32(42)31(37-30)38-33(43)36-24-7-5-6-23(16-24)17-35-44/h1-11,16-17,21-22,31,44H,12-15,18-20H2,(H2,36,38,43)/b35-17-. The third-order valence-electron chi connectivity index (χ3n) is 8.53. The Bertz CT molecular complexity index is 1620. The lowest BCUT2D eigenvalue weighted by atomic mass is 9.84. The van der Waals surface area contributed by atoms with E-state index in [9.17, 15) is 14.4 Å². The molecule has 0 radical (unpaired) electrons. The Kier molecular flexibility index (Phi) is 8.36. The monoisotopic (exact) mass is 596 g/mol. The quantitative estimate of drug-likeness (QED) is 0.218. The minimum atomic E-state index is -1.47. The molecular weight excluding hydrogens is 563 g/mol. The zero-order valence-electron chi connectivity index (χ0n) is 24.0. The van der Waals surface area contributed by atoms with E-state index >= 15 is 4.39 Å². The van der Waals surface area contributed by atoms with Crippen LogP contribution in [0.1, 0.15) is 42.4 Å². The lowest BCUT2D eigenvalue weighted by Gasteiger charge is -2.29. The van der Waals surface area contributed by atoms with Crippen LogP contribution >= 0.6 is 0 Å². The van der Waals surface area contributed by atoms with Gasteiger partial charge in [-0.2, -0.15) is 0 Å². The second-order valence-electron chi connectivity index (χ2n) is 11.5. The number of urea groups is 1. The van der Waals surface area contributed by atoms with Gasteiger partial charge in [-0.25, -0.2) is 14.2 Å². The van der Waals surface area contributed by atoms with E-state index in [0.29, 0.717) is 47.4 Å². The fourth-order valence-electron chi connectivity index (χ4n) is 6.34. The third-order valence-corrected chi connectivity index (χ3v) is 8.53. The number of anilines is 2. The Hall–Kier alpha value is -5.06. The maximum atomic E-state index is 15.2. The SMILES string of the molecule is O=C(Nc1cccc(/C=N\O)c1)NC1N=C(c2ccccc2F)c2ccccc2N(CC(=O)N2CC3CCC(CC3)C2)C1=O. The number of carbonyl (C=O) groups excluding carboxylic acids is 3. The molecule has 2 bridgehead atoms. The topological polar surface area (TPSA) is 127 Å². The van der Waals surface area contributed by atoms with Gasteiger partial charge in [-0.05, 0) is 73.4 Å². The van der Waals surface area contributed by atoms with Crippen molar-refractivity contribution in [2.45, 2.75) is 31.8 Å². The first kappa shape index (κ1) is 29.0. The molecule has 3 aromatic rings. The van der Waals surface area contributed by atoms with Crippen molar-refractivity contribution in [3.8, 4) is 0 Å². The lowest BCUT2D eigenvalue weighted by molar-refractivity contribution is -0.132. The molecule has 2 saturated heterocycles. The Labute approximate surface area is 254 Å². The third kappa shape index (κ3) is 6.17. The Balaban J connectivity index is 1.34. The summed E-state index contributed by atoms with van der Waals surface area (Å²) >= 11 is 0. The number of oxime groups is 1. The molecule has 11 heteroatoms. The van der Waals surface area contributed by atoms with Crippen LogP contribution in [0.5, 0.6) is 0 Å². The normalized spacial score (nSPS) is 21.3. The van der Waals surface area contributed by atoms with Crippen molar-refractivity contribution in [3.63, 3.8) is 0 Å². The van der Waals surface area contributed by atoms with E-state index in [4.69, 9.17) is 5.21 Å². The number of hydrogen-bond donors (Lipinski definition) is 3. The number of aliphatic imine (C=N–C) groups is 1. The number of fused-ring (bicyclic) bond motifs is 5. The minimum absolute atomic E-state index is 0.160. The number of rotatable bonds is 6. The Morgan fingerprint density at radius 2 is 1.64 bits per heavy atom. The molecule has 3 aromatic carbocycles. The van der Waals surface area contributed by atoms with Crippen molar-refractivity contribution >= 4 is 41.1 Å². The van der Waals surface area contributed by atoms with Crippen LogP contribution in [0.4, 0.5) is 20.6 Å². The van der Waals surface area contributed by atoms with Crippen molar-refractivity contribution in [3.05, 3.63) is 95.3 Å². The number of nitrogens with zero attached hydrogens (tertiary/aromatic N) is 4. The van der Waals surface area contributed by atoms with E-state index < -0.39 is 23.9 Å². The largest absolute Gasteiger partial charge is 0.411 e. The van der Waals surface area contributed by atoms with E-state index in [1.54, 1.807) is 66.7 Å². The molecule has 44 heavy (non-hydrogen) atoms. The summed E-state index contributed by atoms with van der Waals surface area (Å²) in [6.07, 6.45) is 4.18. The van der Waals surface area contributed by atoms with Crippen LogP contribution in [-0.2, 0) is 9.59 Å².